The van der Waals surface area contributed by atoms with Gasteiger partial charge >= 0.3 is 0 Å². The van der Waals surface area contributed by atoms with E-state index in [0.29, 0.717) is 26.1 Å². The van der Waals surface area contributed by atoms with Crippen LogP contribution in [0.1, 0.15) is 29.4 Å². The van der Waals surface area contributed by atoms with E-state index in [-0.39, 0.29) is 35.3 Å². The van der Waals surface area contributed by atoms with Crippen LogP contribution in [0.3, 0.4) is 0 Å². The Morgan fingerprint density at radius 1 is 1.33 bits per heavy atom. The van der Waals surface area contributed by atoms with Crippen LogP contribution >= 0.6 is 0 Å². The first-order valence-corrected chi connectivity index (χ1v) is 8.93. The highest BCUT2D eigenvalue weighted by Gasteiger charge is 2.37. The summed E-state index contributed by atoms with van der Waals surface area (Å²) in [6.07, 6.45) is 4.90. The first-order chi connectivity index (χ1) is 13.1. The molecule has 0 saturated carbocycles. The van der Waals surface area contributed by atoms with E-state index in [1.54, 1.807) is 18.2 Å². The Balaban J connectivity index is 1.70. The van der Waals surface area contributed by atoms with Crippen LogP contribution in [0.5, 0.6) is 5.75 Å². The quantitative estimate of drug-likeness (QED) is 0.692. The van der Waals surface area contributed by atoms with Gasteiger partial charge in [0.15, 0.2) is 0 Å². The fraction of sp³-hybridized carbons (Fsp3) is 0.368. The number of aromatic hydroxyl groups is 1. The maximum absolute atomic E-state index is 12.5. The fourth-order valence-corrected chi connectivity index (χ4v) is 3.31. The van der Waals surface area contributed by atoms with E-state index < -0.39 is 0 Å². The highest BCUT2D eigenvalue weighted by Crippen LogP contribution is 2.22. The van der Waals surface area contributed by atoms with Crippen LogP contribution in [0, 0.1) is 0 Å². The predicted octanol–water partition coefficient (Wildman–Crippen LogP) is 0.691. The van der Waals surface area contributed by atoms with E-state index in [9.17, 15) is 14.7 Å². The van der Waals surface area contributed by atoms with Crippen LogP contribution in [0.2, 0.25) is 0 Å². The van der Waals surface area contributed by atoms with Gasteiger partial charge in [-0.2, -0.15) is 0 Å². The minimum Gasteiger partial charge on any atom is -0.508 e. The van der Waals surface area contributed by atoms with Gasteiger partial charge in [-0.3, -0.25) is 19.5 Å². The lowest BCUT2D eigenvalue weighted by Crippen LogP contribution is -2.42. The number of likely N-dealkylation sites (tertiary alicyclic amines) is 1. The molecular weight excluding hydrogens is 346 g/mol. The molecule has 3 N–H and O–H groups in total. The first kappa shape index (κ1) is 18.8. The Morgan fingerprint density at radius 2 is 2.19 bits per heavy atom. The molecule has 2 atom stereocenters. The molecule has 2 aromatic rings. The number of nitrogens with one attached hydrogen (secondary N) is 2. The second-order valence-corrected chi connectivity index (χ2v) is 6.51. The number of rotatable bonds is 6. The van der Waals surface area contributed by atoms with E-state index >= 15 is 0 Å². The van der Waals surface area contributed by atoms with Gasteiger partial charge in [0, 0.05) is 38.1 Å². The smallest absolute Gasteiger partial charge is 0.271 e. The Bertz CT molecular complexity index is 799. The van der Waals surface area contributed by atoms with Gasteiger partial charge in [0.1, 0.15) is 11.4 Å². The van der Waals surface area contributed by atoms with E-state index in [4.69, 9.17) is 0 Å². The van der Waals surface area contributed by atoms with Gasteiger partial charge in [0.05, 0.1) is 12.2 Å². The van der Waals surface area contributed by atoms with Crippen molar-refractivity contribution in [2.45, 2.75) is 32.0 Å². The lowest BCUT2D eigenvalue weighted by atomic mass is 10.1. The lowest BCUT2D eigenvalue weighted by Gasteiger charge is -2.23. The van der Waals surface area contributed by atoms with Crippen molar-refractivity contribution < 1.29 is 14.7 Å². The molecule has 142 valence electrons. The number of aromatic nitrogens is 2. The van der Waals surface area contributed by atoms with E-state index in [0.717, 1.165) is 5.56 Å². The monoisotopic (exact) mass is 369 g/mol. The molecule has 1 aromatic heterocycles. The number of hydrogen-bond donors (Lipinski definition) is 3. The van der Waals surface area contributed by atoms with Crippen molar-refractivity contribution in [2.75, 3.05) is 13.1 Å². The summed E-state index contributed by atoms with van der Waals surface area (Å²) in [5.74, 6) is -0.176. The number of phenolic OH excluding ortho intramolecular Hbond substituents is 1. The number of phenols is 1. The highest BCUT2D eigenvalue weighted by atomic mass is 16.3. The van der Waals surface area contributed by atoms with Gasteiger partial charge in [0.2, 0.25) is 5.91 Å². The third kappa shape index (κ3) is 4.79. The summed E-state index contributed by atoms with van der Waals surface area (Å²) < 4.78 is 0. The molecule has 0 aliphatic carbocycles. The van der Waals surface area contributed by atoms with Crippen molar-refractivity contribution in [3.8, 4) is 5.75 Å². The first-order valence-electron chi connectivity index (χ1n) is 8.93. The van der Waals surface area contributed by atoms with Crippen molar-refractivity contribution in [1.82, 2.24) is 25.5 Å². The zero-order chi connectivity index (χ0) is 19.2. The van der Waals surface area contributed by atoms with Gasteiger partial charge in [-0.15, -0.1) is 0 Å². The summed E-state index contributed by atoms with van der Waals surface area (Å²) in [5, 5.41) is 15.5. The second-order valence-electron chi connectivity index (χ2n) is 6.51. The third-order valence-corrected chi connectivity index (χ3v) is 4.48. The van der Waals surface area contributed by atoms with Crippen molar-refractivity contribution in [3.63, 3.8) is 0 Å². The van der Waals surface area contributed by atoms with Gasteiger partial charge in [0.25, 0.3) is 5.91 Å². The SMILES string of the molecule is CCNC(=O)[C@@H]1C[C@@H](NC(=O)c2cnccn2)CN1Cc1cccc(O)c1. The predicted molar refractivity (Wildman–Crippen MR) is 98.9 cm³/mol. The summed E-state index contributed by atoms with van der Waals surface area (Å²) in [7, 11) is 0. The molecule has 0 spiro atoms. The molecule has 0 bridgehead atoms. The van der Waals surface area contributed by atoms with Crippen LogP contribution in [-0.4, -0.2) is 57.0 Å². The zero-order valence-corrected chi connectivity index (χ0v) is 15.1. The number of amides is 2. The minimum absolute atomic E-state index is 0.0612. The Labute approximate surface area is 157 Å². The summed E-state index contributed by atoms with van der Waals surface area (Å²) in [5.41, 5.74) is 1.16. The normalized spacial score (nSPS) is 19.6. The summed E-state index contributed by atoms with van der Waals surface area (Å²) in [6, 6.07) is 6.44. The molecule has 2 heterocycles. The van der Waals surface area contributed by atoms with Crippen LogP contribution in [-0.2, 0) is 11.3 Å². The maximum atomic E-state index is 12.5. The topological polar surface area (TPSA) is 107 Å². The number of benzene rings is 1. The largest absolute Gasteiger partial charge is 0.508 e. The maximum Gasteiger partial charge on any atom is 0.271 e. The van der Waals surface area contributed by atoms with Crippen LogP contribution in [0.15, 0.2) is 42.9 Å². The molecule has 1 fully saturated rings. The van der Waals surface area contributed by atoms with Gasteiger partial charge in [-0.25, -0.2) is 4.98 Å². The Hall–Kier alpha value is -3.00. The second kappa shape index (κ2) is 8.59. The molecule has 1 saturated heterocycles. The van der Waals surface area contributed by atoms with Crippen molar-refractivity contribution >= 4 is 11.8 Å². The molecule has 0 unspecified atom stereocenters. The lowest BCUT2D eigenvalue weighted by molar-refractivity contribution is -0.125. The number of carbonyl (C=O) groups excluding carboxylic acids is 2. The number of hydrogen-bond acceptors (Lipinski definition) is 6. The Morgan fingerprint density at radius 3 is 2.89 bits per heavy atom. The number of likely N-dealkylation sites (N-methyl/N-ethyl adjacent to an activating group) is 1. The molecule has 8 nitrogen and oxygen atoms in total. The summed E-state index contributed by atoms with van der Waals surface area (Å²) in [6.45, 7) is 3.46. The van der Waals surface area contributed by atoms with Crippen LogP contribution in [0.25, 0.3) is 0 Å². The molecule has 8 heteroatoms. The number of nitrogens with zero attached hydrogens (tertiary/aromatic N) is 3. The zero-order valence-electron chi connectivity index (χ0n) is 15.1. The average molecular weight is 369 g/mol. The Kier molecular flexibility index (Phi) is 5.97. The average Bonchev–Trinajstić information content (AvgIpc) is 3.05. The van der Waals surface area contributed by atoms with Gasteiger partial charge in [-0.05, 0) is 31.0 Å². The van der Waals surface area contributed by atoms with Gasteiger partial charge < -0.3 is 15.7 Å². The fourth-order valence-electron chi connectivity index (χ4n) is 3.31. The van der Waals surface area contributed by atoms with E-state index in [1.807, 2.05) is 17.9 Å². The minimum atomic E-state index is -0.348. The molecule has 1 aliphatic rings. The van der Waals surface area contributed by atoms with Crippen molar-refractivity contribution in [1.29, 1.82) is 0 Å². The summed E-state index contributed by atoms with van der Waals surface area (Å²) >= 11 is 0. The summed E-state index contributed by atoms with van der Waals surface area (Å²) in [4.78, 5) is 34.7. The molecule has 1 aliphatic heterocycles. The highest BCUT2D eigenvalue weighted by molar-refractivity contribution is 5.92. The van der Waals surface area contributed by atoms with Crippen molar-refractivity contribution in [2.24, 2.45) is 0 Å². The molecule has 1 aromatic carbocycles. The van der Waals surface area contributed by atoms with E-state index in [2.05, 4.69) is 20.6 Å². The third-order valence-electron chi connectivity index (χ3n) is 4.48. The standard InChI is InChI=1S/C19H23N5O3/c1-2-21-19(27)17-9-14(23-18(26)16-10-20-6-7-22-16)12-24(17)11-13-4-3-5-15(25)8-13/h3-8,10,14,17,25H,2,9,11-12H2,1H3,(H,21,27)(H,23,26)/t14-,17+/m1/s1. The molecule has 2 amide bonds. The van der Waals surface area contributed by atoms with Crippen LogP contribution < -0.4 is 10.6 Å². The molecule has 0 radical (unpaired) electrons. The van der Waals surface area contributed by atoms with Crippen LogP contribution in [0.4, 0.5) is 0 Å². The molecule has 3 rings (SSSR count). The van der Waals surface area contributed by atoms with E-state index in [1.165, 1.54) is 18.6 Å². The molecule has 27 heavy (non-hydrogen) atoms. The number of carbonyl (C=O) groups is 2. The van der Waals surface area contributed by atoms with Gasteiger partial charge in [-0.1, -0.05) is 12.1 Å². The molecular formula is C19H23N5O3. The van der Waals surface area contributed by atoms with Crippen molar-refractivity contribution in [3.05, 3.63) is 54.1 Å².